The fourth-order valence-electron chi connectivity index (χ4n) is 2.74. The Morgan fingerprint density at radius 1 is 1.35 bits per heavy atom. The molecule has 2 aromatic rings. The van der Waals surface area contributed by atoms with E-state index in [0.717, 1.165) is 18.4 Å². The molecule has 0 aliphatic heterocycles. The van der Waals surface area contributed by atoms with Crippen LogP contribution in [0.4, 0.5) is 10.2 Å². The van der Waals surface area contributed by atoms with Gasteiger partial charge in [0.2, 0.25) is 5.91 Å². The van der Waals surface area contributed by atoms with Gasteiger partial charge in [0, 0.05) is 6.20 Å². The van der Waals surface area contributed by atoms with Crippen LogP contribution in [0.5, 0.6) is 0 Å². The molecule has 0 bridgehead atoms. The van der Waals surface area contributed by atoms with E-state index in [1.165, 1.54) is 30.8 Å². The lowest BCUT2D eigenvalue weighted by molar-refractivity contribution is 0.1000. The van der Waals surface area contributed by atoms with Gasteiger partial charge in [0.25, 0.3) is 0 Å². The molecule has 1 saturated carbocycles. The zero-order valence-corrected chi connectivity index (χ0v) is 13.2. The Morgan fingerprint density at radius 3 is 2.57 bits per heavy atom. The largest absolute Gasteiger partial charge is 0.366 e. The van der Waals surface area contributed by atoms with Crippen LogP contribution in [0.3, 0.4) is 0 Å². The first-order valence-electron chi connectivity index (χ1n) is 7.52. The molecule has 3 N–H and O–H groups in total. The third-order valence-corrected chi connectivity index (χ3v) is 4.56. The van der Waals surface area contributed by atoms with Crippen molar-refractivity contribution in [2.75, 3.05) is 5.32 Å². The number of aromatic nitrogens is 1. The highest BCUT2D eigenvalue weighted by Gasteiger charge is 2.29. The number of pyridine rings is 1. The van der Waals surface area contributed by atoms with E-state index in [-0.39, 0.29) is 17.4 Å². The van der Waals surface area contributed by atoms with E-state index < -0.39 is 5.91 Å². The maximum absolute atomic E-state index is 13.2. The summed E-state index contributed by atoms with van der Waals surface area (Å²) < 4.78 is 13.2. The molecule has 1 aromatic carbocycles. The van der Waals surface area contributed by atoms with E-state index >= 15 is 0 Å². The highest BCUT2D eigenvalue weighted by atomic mass is 35.5. The van der Waals surface area contributed by atoms with Gasteiger partial charge < -0.3 is 11.1 Å². The van der Waals surface area contributed by atoms with Crippen LogP contribution in [0.1, 0.15) is 41.2 Å². The summed E-state index contributed by atoms with van der Waals surface area (Å²) in [6.07, 6.45) is 4.79. The number of halogens is 2. The Balaban J connectivity index is 1.87. The van der Waals surface area contributed by atoms with Gasteiger partial charge in [-0.3, -0.25) is 4.79 Å². The van der Waals surface area contributed by atoms with E-state index in [4.69, 9.17) is 17.3 Å². The minimum Gasteiger partial charge on any atom is -0.366 e. The summed E-state index contributed by atoms with van der Waals surface area (Å²) in [6, 6.07) is 7.96. The number of rotatable bonds is 5. The molecule has 1 atom stereocenters. The third-order valence-electron chi connectivity index (χ3n) is 4.27. The molecule has 0 radical (unpaired) electrons. The number of nitrogens with two attached hydrogens (primary N) is 1. The molecule has 4 nitrogen and oxygen atoms in total. The Kier molecular flexibility index (Phi) is 4.48. The summed E-state index contributed by atoms with van der Waals surface area (Å²) >= 11 is 6.20. The molecule has 1 aliphatic rings. The number of amides is 1. The number of carbonyl (C=O) groups excluding carboxylic acids is 1. The van der Waals surface area contributed by atoms with Gasteiger partial charge >= 0.3 is 0 Å². The summed E-state index contributed by atoms with van der Waals surface area (Å²) in [4.78, 5) is 15.4. The lowest BCUT2D eigenvalue weighted by Crippen LogP contribution is -2.27. The molecule has 1 aliphatic carbocycles. The lowest BCUT2D eigenvalue weighted by atomic mass is 9.77. The van der Waals surface area contributed by atoms with Crippen molar-refractivity contribution in [3.05, 3.63) is 58.5 Å². The maximum atomic E-state index is 13.2. The fraction of sp³-hybridized carbons (Fsp3) is 0.294. The SMILES string of the molecule is NC(=O)c1cnc(NC(c2ccc(F)cc2)C2CCC2)c(Cl)c1. The smallest absolute Gasteiger partial charge is 0.250 e. The van der Waals surface area contributed by atoms with Crippen LogP contribution in [0.25, 0.3) is 0 Å². The molecular weight excluding hydrogens is 317 g/mol. The van der Waals surface area contributed by atoms with Crippen LogP contribution in [-0.4, -0.2) is 10.9 Å². The standard InChI is InChI=1S/C17H17ClFN3O/c18-14-8-12(16(20)23)9-21-17(14)22-15(10-2-1-3-10)11-4-6-13(19)7-5-11/h4-10,15H,1-3H2,(H2,20,23)(H,21,22). The van der Waals surface area contributed by atoms with Crippen molar-refractivity contribution in [2.24, 2.45) is 11.7 Å². The van der Waals surface area contributed by atoms with E-state index in [9.17, 15) is 9.18 Å². The summed E-state index contributed by atoms with van der Waals surface area (Å²) in [5, 5.41) is 3.67. The molecule has 1 amide bonds. The second kappa shape index (κ2) is 6.54. The van der Waals surface area contributed by atoms with Crippen LogP contribution < -0.4 is 11.1 Å². The molecule has 6 heteroatoms. The second-order valence-corrected chi connectivity index (χ2v) is 6.19. The highest BCUT2D eigenvalue weighted by molar-refractivity contribution is 6.33. The van der Waals surface area contributed by atoms with Crippen molar-refractivity contribution in [3.8, 4) is 0 Å². The van der Waals surface area contributed by atoms with Gasteiger partial charge in [-0.2, -0.15) is 0 Å². The van der Waals surface area contributed by atoms with E-state index in [1.54, 1.807) is 12.1 Å². The van der Waals surface area contributed by atoms with Crippen molar-refractivity contribution >= 4 is 23.3 Å². The Labute approximate surface area is 138 Å². The summed E-state index contributed by atoms with van der Waals surface area (Å²) in [5.74, 6) is 0.121. The Morgan fingerprint density at radius 2 is 2.04 bits per heavy atom. The number of benzene rings is 1. The van der Waals surface area contributed by atoms with Crippen LogP contribution >= 0.6 is 11.6 Å². The molecule has 0 spiro atoms. The molecule has 1 unspecified atom stereocenters. The zero-order valence-electron chi connectivity index (χ0n) is 12.4. The van der Waals surface area contributed by atoms with E-state index in [2.05, 4.69) is 10.3 Å². The molecular formula is C17H17ClFN3O. The van der Waals surface area contributed by atoms with E-state index in [1.807, 2.05) is 0 Å². The lowest BCUT2D eigenvalue weighted by Gasteiger charge is -2.35. The normalized spacial score (nSPS) is 15.7. The molecule has 1 aromatic heterocycles. The van der Waals surface area contributed by atoms with Gasteiger partial charge in [0.1, 0.15) is 11.6 Å². The molecule has 1 fully saturated rings. The fourth-order valence-corrected chi connectivity index (χ4v) is 2.96. The Hall–Kier alpha value is -2.14. The number of nitrogens with zero attached hydrogens (tertiary/aromatic N) is 1. The molecule has 120 valence electrons. The van der Waals surface area contributed by atoms with Crippen LogP contribution in [0.2, 0.25) is 5.02 Å². The second-order valence-electron chi connectivity index (χ2n) is 5.78. The van der Waals surface area contributed by atoms with Gasteiger partial charge in [-0.1, -0.05) is 30.2 Å². The van der Waals surface area contributed by atoms with Crippen molar-refractivity contribution in [2.45, 2.75) is 25.3 Å². The summed E-state index contributed by atoms with van der Waals surface area (Å²) in [7, 11) is 0. The topological polar surface area (TPSA) is 68.0 Å². The predicted molar refractivity (Wildman–Crippen MR) is 87.9 cm³/mol. The highest BCUT2D eigenvalue weighted by Crippen LogP contribution is 2.40. The van der Waals surface area contributed by atoms with Gasteiger partial charge in [-0.25, -0.2) is 9.37 Å². The summed E-state index contributed by atoms with van der Waals surface area (Å²) in [5.41, 5.74) is 6.48. The van der Waals surface area contributed by atoms with Crippen molar-refractivity contribution in [3.63, 3.8) is 0 Å². The number of carbonyl (C=O) groups is 1. The zero-order chi connectivity index (χ0) is 16.4. The van der Waals surface area contributed by atoms with Crippen molar-refractivity contribution < 1.29 is 9.18 Å². The Bertz CT molecular complexity index is 716. The molecule has 23 heavy (non-hydrogen) atoms. The number of hydrogen-bond acceptors (Lipinski definition) is 3. The molecule has 0 saturated heterocycles. The quantitative estimate of drug-likeness (QED) is 0.871. The van der Waals surface area contributed by atoms with Crippen LogP contribution in [0.15, 0.2) is 36.5 Å². The predicted octanol–water partition coefficient (Wildman–Crippen LogP) is 3.93. The number of hydrogen-bond donors (Lipinski definition) is 2. The first-order valence-corrected chi connectivity index (χ1v) is 7.90. The van der Waals surface area contributed by atoms with Crippen molar-refractivity contribution in [1.82, 2.24) is 4.98 Å². The van der Waals surface area contributed by atoms with Crippen LogP contribution in [-0.2, 0) is 0 Å². The van der Waals surface area contributed by atoms with Gasteiger partial charge in [0.15, 0.2) is 0 Å². The number of nitrogens with one attached hydrogen (secondary N) is 1. The minimum atomic E-state index is -0.569. The van der Waals surface area contributed by atoms with Crippen molar-refractivity contribution in [1.29, 1.82) is 0 Å². The first kappa shape index (κ1) is 15.7. The maximum Gasteiger partial charge on any atom is 0.250 e. The molecule has 1 heterocycles. The van der Waals surface area contributed by atoms with E-state index in [0.29, 0.717) is 16.8 Å². The van der Waals surface area contributed by atoms with Gasteiger partial charge in [0.05, 0.1) is 16.6 Å². The average molecular weight is 334 g/mol. The monoisotopic (exact) mass is 333 g/mol. The van der Waals surface area contributed by atoms with Gasteiger partial charge in [-0.15, -0.1) is 0 Å². The number of anilines is 1. The van der Waals surface area contributed by atoms with Crippen LogP contribution in [0, 0.1) is 11.7 Å². The third kappa shape index (κ3) is 3.45. The summed E-state index contributed by atoms with van der Waals surface area (Å²) in [6.45, 7) is 0. The van der Waals surface area contributed by atoms with Gasteiger partial charge in [-0.05, 0) is 42.5 Å². The average Bonchev–Trinajstić information content (AvgIpc) is 2.47. The molecule has 3 rings (SSSR count). The number of primary amides is 1. The first-order chi connectivity index (χ1) is 11.0. The minimum absolute atomic E-state index is 0.00813.